The van der Waals surface area contributed by atoms with E-state index in [9.17, 15) is 0 Å². The number of thiophene rings is 1. The van der Waals surface area contributed by atoms with E-state index in [-0.39, 0.29) is 0 Å². The molecular weight excluding hydrogens is 773 g/mol. The van der Waals surface area contributed by atoms with Gasteiger partial charge in [-0.3, -0.25) is 0 Å². The summed E-state index contributed by atoms with van der Waals surface area (Å²) in [4.78, 5) is 2.44. The molecule has 0 saturated carbocycles. The summed E-state index contributed by atoms with van der Waals surface area (Å²) >= 11 is 1.85. The predicted molar refractivity (Wildman–Crippen MR) is 264 cm³/mol. The molecule has 0 fully saturated rings. The van der Waals surface area contributed by atoms with Crippen LogP contribution in [0.4, 0.5) is 17.1 Å². The first-order valence-corrected chi connectivity index (χ1v) is 21.9. The van der Waals surface area contributed by atoms with Crippen LogP contribution in [0.25, 0.3) is 103 Å². The van der Waals surface area contributed by atoms with E-state index in [1.54, 1.807) is 0 Å². The Labute approximate surface area is 361 Å². The molecule has 0 amide bonds. The summed E-state index contributed by atoms with van der Waals surface area (Å²) in [5.74, 6) is 0. The molecule has 0 aliphatic heterocycles. The van der Waals surface area contributed by atoms with E-state index in [1.165, 1.54) is 58.3 Å². The van der Waals surface area contributed by atoms with Crippen molar-refractivity contribution in [3.05, 3.63) is 218 Å². The molecule has 10 aromatic carbocycles. The van der Waals surface area contributed by atoms with Gasteiger partial charge in [0.15, 0.2) is 0 Å². The van der Waals surface area contributed by atoms with Crippen molar-refractivity contribution in [2.75, 3.05) is 4.90 Å². The van der Waals surface area contributed by atoms with Crippen LogP contribution in [0.5, 0.6) is 0 Å². The highest BCUT2D eigenvalue weighted by molar-refractivity contribution is 7.25. The second-order valence-corrected chi connectivity index (χ2v) is 17.1. The monoisotopic (exact) mass is 808 g/mol. The zero-order valence-electron chi connectivity index (χ0n) is 33.5. The summed E-state index contributed by atoms with van der Waals surface area (Å²) in [7, 11) is 0. The van der Waals surface area contributed by atoms with Crippen molar-refractivity contribution in [1.29, 1.82) is 0 Å². The van der Waals surface area contributed by atoms with Crippen molar-refractivity contribution in [2.24, 2.45) is 0 Å². The van der Waals surface area contributed by atoms with Crippen molar-refractivity contribution in [3.63, 3.8) is 0 Å². The third kappa shape index (κ3) is 5.37. The molecule has 13 rings (SSSR count). The Balaban J connectivity index is 1.02. The van der Waals surface area contributed by atoms with Crippen molar-refractivity contribution in [3.8, 4) is 27.9 Å². The van der Waals surface area contributed by atoms with E-state index in [0.717, 1.165) is 61.4 Å². The van der Waals surface area contributed by atoms with Crippen molar-refractivity contribution in [1.82, 2.24) is 4.57 Å². The van der Waals surface area contributed by atoms with Crippen LogP contribution in [-0.2, 0) is 0 Å². The third-order valence-corrected chi connectivity index (χ3v) is 13.7. The van der Waals surface area contributed by atoms with Crippen LogP contribution in [0, 0.1) is 0 Å². The van der Waals surface area contributed by atoms with E-state index in [1.807, 2.05) is 11.3 Å². The molecule has 3 aromatic heterocycles. The molecule has 13 aromatic rings. The molecule has 0 unspecified atom stereocenters. The van der Waals surface area contributed by atoms with Gasteiger partial charge in [0.1, 0.15) is 11.2 Å². The molecule has 0 N–H and O–H groups in total. The maximum atomic E-state index is 6.95. The number of benzene rings is 10. The van der Waals surface area contributed by atoms with Gasteiger partial charge in [0.2, 0.25) is 0 Å². The number of furan rings is 1. The van der Waals surface area contributed by atoms with Crippen LogP contribution in [0.2, 0.25) is 0 Å². The highest BCUT2D eigenvalue weighted by Crippen LogP contribution is 2.49. The maximum Gasteiger partial charge on any atom is 0.145 e. The number of aromatic nitrogens is 1. The largest absolute Gasteiger partial charge is 0.455 e. The van der Waals surface area contributed by atoms with Gasteiger partial charge in [0.25, 0.3) is 0 Å². The van der Waals surface area contributed by atoms with Crippen LogP contribution < -0.4 is 4.90 Å². The van der Waals surface area contributed by atoms with Crippen LogP contribution in [0.3, 0.4) is 0 Å². The Bertz CT molecular complexity index is 3830. The summed E-state index contributed by atoms with van der Waals surface area (Å²) in [6.07, 6.45) is 0. The molecule has 290 valence electrons. The van der Waals surface area contributed by atoms with Gasteiger partial charge in [-0.15, -0.1) is 11.3 Å². The summed E-state index contributed by atoms with van der Waals surface area (Å²) in [5.41, 5.74) is 12.9. The van der Waals surface area contributed by atoms with Crippen LogP contribution in [0.15, 0.2) is 223 Å². The minimum atomic E-state index is 0.861. The molecule has 4 heteroatoms. The number of rotatable bonds is 6. The Morgan fingerprint density at radius 3 is 1.87 bits per heavy atom. The van der Waals surface area contributed by atoms with Gasteiger partial charge in [-0.2, -0.15) is 0 Å². The minimum Gasteiger partial charge on any atom is -0.455 e. The molecular formula is C58H36N2OS. The fourth-order valence-electron chi connectivity index (χ4n) is 9.75. The number of hydrogen-bond acceptors (Lipinski definition) is 3. The van der Waals surface area contributed by atoms with Gasteiger partial charge >= 0.3 is 0 Å². The molecule has 0 aliphatic rings. The van der Waals surface area contributed by atoms with Gasteiger partial charge in [0.05, 0.1) is 27.8 Å². The molecule has 62 heavy (non-hydrogen) atoms. The van der Waals surface area contributed by atoms with E-state index < -0.39 is 0 Å². The average Bonchev–Trinajstić information content (AvgIpc) is 4.02. The van der Waals surface area contributed by atoms with Crippen molar-refractivity contribution < 1.29 is 4.42 Å². The molecule has 0 spiro atoms. The van der Waals surface area contributed by atoms with Crippen LogP contribution in [0.1, 0.15) is 0 Å². The molecule has 0 atom stereocenters. The summed E-state index contributed by atoms with van der Waals surface area (Å²) < 4.78 is 11.9. The topological polar surface area (TPSA) is 21.3 Å². The zero-order chi connectivity index (χ0) is 40.7. The van der Waals surface area contributed by atoms with E-state index in [0.29, 0.717) is 0 Å². The molecule has 0 saturated heterocycles. The summed E-state index contributed by atoms with van der Waals surface area (Å²) in [6, 6.07) is 79.2. The van der Waals surface area contributed by atoms with Gasteiger partial charge in [0, 0.05) is 58.8 Å². The van der Waals surface area contributed by atoms with E-state index in [4.69, 9.17) is 4.42 Å². The van der Waals surface area contributed by atoms with E-state index in [2.05, 4.69) is 228 Å². The van der Waals surface area contributed by atoms with E-state index >= 15 is 0 Å². The molecule has 3 nitrogen and oxygen atoms in total. The van der Waals surface area contributed by atoms with Gasteiger partial charge in [-0.05, 0) is 101 Å². The number of hydrogen-bond donors (Lipinski definition) is 0. The normalized spacial score (nSPS) is 11.9. The van der Waals surface area contributed by atoms with Crippen molar-refractivity contribution in [2.45, 2.75) is 0 Å². The second-order valence-electron chi connectivity index (χ2n) is 16.0. The Kier molecular flexibility index (Phi) is 7.78. The predicted octanol–water partition coefficient (Wildman–Crippen LogP) is 17.0. The van der Waals surface area contributed by atoms with Crippen LogP contribution in [-0.4, -0.2) is 4.57 Å². The number of anilines is 3. The molecule has 3 heterocycles. The summed E-state index contributed by atoms with van der Waals surface area (Å²) in [6.45, 7) is 0. The SMILES string of the molecule is c1ccc(N(c2ccc3ccccc3c2)c2ccc(-c3ccc(-n4c5ccccc5c5ccccc54)cc3)c3oc4ccccc4c23)c(-c2ccc3sc4ccccc4c3c2)c1. The second kappa shape index (κ2) is 13.8. The van der Waals surface area contributed by atoms with Gasteiger partial charge in [-0.25, -0.2) is 0 Å². The fourth-order valence-corrected chi connectivity index (χ4v) is 10.8. The maximum absolute atomic E-state index is 6.95. The molecule has 0 bridgehead atoms. The highest BCUT2D eigenvalue weighted by Gasteiger charge is 2.25. The van der Waals surface area contributed by atoms with Gasteiger partial charge < -0.3 is 13.9 Å². The summed E-state index contributed by atoms with van der Waals surface area (Å²) in [5, 5.41) is 9.64. The number of fused-ring (bicyclic) bond motifs is 10. The third-order valence-electron chi connectivity index (χ3n) is 12.6. The lowest BCUT2D eigenvalue weighted by Gasteiger charge is -2.29. The zero-order valence-corrected chi connectivity index (χ0v) is 34.3. The number of nitrogens with zero attached hydrogens (tertiary/aromatic N) is 2. The first-order valence-electron chi connectivity index (χ1n) is 21.1. The lowest BCUT2D eigenvalue weighted by molar-refractivity contribution is 0.670. The average molecular weight is 809 g/mol. The lowest BCUT2D eigenvalue weighted by Crippen LogP contribution is -2.11. The fraction of sp³-hybridized carbons (Fsp3) is 0. The highest BCUT2D eigenvalue weighted by atomic mass is 32.1. The minimum absolute atomic E-state index is 0.861. The first kappa shape index (κ1) is 34.9. The Hall–Kier alpha value is -7.92. The standard InChI is InChI=1S/C58H36N2OS/c1-2-14-39-35-42(31-25-37(39)13-1)60(50-20-8-3-15-43(50)40-28-34-56-49(36-40)47-18-7-12-24-55(47)62-56)53-33-32-44(58-57(53)48-19-6-11-23-54(48)61-58)38-26-29-41(30-27-38)59-51-21-9-4-16-45(51)46-17-5-10-22-52(46)59/h1-36H. The van der Waals surface area contributed by atoms with Gasteiger partial charge in [-0.1, -0.05) is 140 Å². The Morgan fingerprint density at radius 1 is 0.403 bits per heavy atom. The van der Waals surface area contributed by atoms with Crippen molar-refractivity contribution >= 4 is 103 Å². The first-order chi connectivity index (χ1) is 30.7. The van der Waals surface area contributed by atoms with Crippen LogP contribution >= 0.6 is 11.3 Å². The lowest BCUT2D eigenvalue weighted by atomic mass is 9.97. The Morgan fingerprint density at radius 2 is 1.05 bits per heavy atom. The quantitative estimate of drug-likeness (QED) is 0.167. The molecule has 0 aliphatic carbocycles. The smallest absolute Gasteiger partial charge is 0.145 e. The molecule has 0 radical (unpaired) electrons. The number of para-hydroxylation sites is 4.